The number of nitrogens with zero attached hydrogens (tertiary/aromatic N) is 1. The van der Waals surface area contributed by atoms with Crippen LogP contribution >= 0.6 is 0 Å². The average molecular weight is 564 g/mol. The molecule has 2 amide bonds. The van der Waals surface area contributed by atoms with Gasteiger partial charge in [0.25, 0.3) is 0 Å². The second kappa shape index (κ2) is 14.2. The first kappa shape index (κ1) is 29.5. The number of nitrogens with one attached hydrogen (secondary N) is 2. The lowest BCUT2D eigenvalue weighted by atomic mass is 10.0. The molecular formula is C31H37N3O5S. The summed E-state index contributed by atoms with van der Waals surface area (Å²) in [6, 6.07) is 24.7. The highest BCUT2D eigenvalue weighted by molar-refractivity contribution is 7.89. The molecule has 1 fully saturated rings. The van der Waals surface area contributed by atoms with E-state index in [0.717, 1.165) is 29.5 Å². The monoisotopic (exact) mass is 563 g/mol. The summed E-state index contributed by atoms with van der Waals surface area (Å²) >= 11 is 0. The fourth-order valence-electron chi connectivity index (χ4n) is 4.83. The molecule has 212 valence electrons. The van der Waals surface area contributed by atoms with E-state index in [1.165, 1.54) is 0 Å². The molecule has 3 aromatic carbocycles. The lowest BCUT2D eigenvalue weighted by Crippen LogP contribution is -2.45. The first-order valence-corrected chi connectivity index (χ1v) is 15.2. The van der Waals surface area contributed by atoms with Gasteiger partial charge in [0.1, 0.15) is 6.04 Å². The Balaban J connectivity index is 1.55. The van der Waals surface area contributed by atoms with Crippen LogP contribution in [0.5, 0.6) is 0 Å². The van der Waals surface area contributed by atoms with Crippen LogP contribution < -0.4 is 10.0 Å². The summed E-state index contributed by atoms with van der Waals surface area (Å²) in [5, 5.41) is 3.03. The smallest absolute Gasteiger partial charge is 0.247 e. The first-order chi connectivity index (χ1) is 19.4. The topological polar surface area (TPSA) is 105 Å². The third-order valence-corrected chi connectivity index (χ3v) is 8.48. The number of carbonyl (C=O) groups is 2. The van der Waals surface area contributed by atoms with Gasteiger partial charge < -0.3 is 15.0 Å². The first-order valence-electron chi connectivity index (χ1n) is 13.7. The van der Waals surface area contributed by atoms with E-state index >= 15 is 0 Å². The van der Waals surface area contributed by atoms with Crippen LogP contribution in [0.4, 0.5) is 0 Å². The van der Waals surface area contributed by atoms with Gasteiger partial charge in [-0.1, -0.05) is 79.7 Å². The minimum absolute atomic E-state index is 0.0158. The van der Waals surface area contributed by atoms with E-state index in [9.17, 15) is 18.0 Å². The van der Waals surface area contributed by atoms with Crippen molar-refractivity contribution in [2.24, 2.45) is 0 Å². The van der Waals surface area contributed by atoms with Gasteiger partial charge in [-0.15, -0.1) is 0 Å². The summed E-state index contributed by atoms with van der Waals surface area (Å²) in [5.41, 5.74) is 2.49. The number of amides is 2. The Hall–Kier alpha value is -3.53. The Morgan fingerprint density at radius 3 is 2.25 bits per heavy atom. The Labute approximate surface area is 236 Å². The molecule has 9 heteroatoms. The number of benzene rings is 3. The molecule has 1 aliphatic heterocycles. The maximum absolute atomic E-state index is 13.8. The number of carbonyl (C=O) groups excluding carboxylic acids is 2. The molecule has 1 aliphatic rings. The van der Waals surface area contributed by atoms with Crippen molar-refractivity contribution in [3.05, 3.63) is 102 Å². The maximum Gasteiger partial charge on any atom is 0.247 e. The molecule has 0 bridgehead atoms. The number of rotatable bonds is 13. The minimum atomic E-state index is -3.55. The molecule has 8 nitrogen and oxygen atoms in total. The third kappa shape index (κ3) is 8.00. The molecule has 0 unspecified atom stereocenters. The fraction of sp³-hybridized carbons (Fsp3) is 0.355. The standard InChI is InChI=1S/C31H37N3O5S/c1-2-33-40(37,38)28-18-15-24(16-19-28)17-20-29(35)34(23-25-10-5-3-6-11-25)30(26-12-7-4-8-13-26)31(36)32-22-27-14-9-21-39-27/h3-8,10-13,15-16,18-19,27,30,33H,2,9,14,17,20-23H2,1H3,(H,32,36)/t27-,30-/m0/s1. The van der Waals surface area contributed by atoms with Gasteiger partial charge >= 0.3 is 0 Å². The molecule has 1 heterocycles. The lowest BCUT2D eigenvalue weighted by Gasteiger charge is -2.32. The van der Waals surface area contributed by atoms with E-state index < -0.39 is 16.1 Å². The largest absolute Gasteiger partial charge is 0.376 e. The number of sulfonamides is 1. The van der Waals surface area contributed by atoms with Crippen molar-refractivity contribution in [2.75, 3.05) is 19.7 Å². The fourth-order valence-corrected chi connectivity index (χ4v) is 5.87. The van der Waals surface area contributed by atoms with Gasteiger partial charge in [-0.3, -0.25) is 9.59 Å². The molecule has 0 aliphatic carbocycles. The van der Waals surface area contributed by atoms with E-state index in [4.69, 9.17) is 4.74 Å². The Morgan fingerprint density at radius 1 is 0.950 bits per heavy atom. The van der Waals surface area contributed by atoms with Crippen LogP contribution in [0.3, 0.4) is 0 Å². The highest BCUT2D eigenvalue weighted by Crippen LogP contribution is 2.25. The van der Waals surface area contributed by atoms with Crippen LogP contribution in [-0.4, -0.2) is 50.9 Å². The van der Waals surface area contributed by atoms with E-state index in [1.807, 2.05) is 60.7 Å². The third-order valence-electron chi connectivity index (χ3n) is 6.91. The van der Waals surface area contributed by atoms with Gasteiger partial charge in [-0.25, -0.2) is 13.1 Å². The van der Waals surface area contributed by atoms with Crippen molar-refractivity contribution < 1.29 is 22.7 Å². The Kier molecular flexibility index (Phi) is 10.5. The van der Waals surface area contributed by atoms with Gasteiger partial charge in [-0.05, 0) is 48.1 Å². The second-order valence-electron chi connectivity index (χ2n) is 9.85. The molecule has 0 aromatic heterocycles. The zero-order valence-corrected chi connectivity index (χ0v) is 23.6. The van der Waals surface area contributed by atoms with E-state index in [-0.39, 0.29) is 35.8 Å². The molecule has 0 radical (unpaired) electrons. The summed E-state index contributed by atoms with van der Waals surface area (Å²) in [4.78, 5) is 29.3. The van der Waals surface area contributed by atoms with Gasteiger partial charge in [0.05, 0.1) is 11.0 Å². The number of aryl methyl sites for hydroxylation is 1. The summed E-state index contributed by atoms with van der Waals surface area (Å²) in [5.74, 6) is -0.418. The Morgan fingerprint density at radius 2 is 1.62 bits per heavy atom. The SMILES string of the molecule is CCNS(=O)(=O)c1ccc(CCC(=O)N(Cc2ccccc2)[C@H](C(=O)NC[C@@H]2CCCO2)c2ccccc2)cc1. The predicted molar refractivity (Wildman–Crippen MR) is 154 cm³/mol. The predicted octanol–water partition coefficient (Wildman–Crippen LogP) is 3.98. The van der Waals surface area contributed by atoms with Gasteiger partial charge in [-0.2, -0.15) is 0 Å². The molecule has 0 spiro atoms. The van der Waals surface area contributed by atoms with Crippen molar-refractivity contribution in [1.29, 1.82) is 0 Å². The van der Waals surface area contributed by atoms with Crippen molar-refractivity contribution >= 4 is 21.8 Å². The number of ether oxygens (including phenoxy) is 1. The minimum Gasteiger partial charge on any atom is -0.376 e. The Bertz CT molecular complexity index is 1340. The van der Waals surface area contributed by atoms with Crippen molar-refractivity contribution in [3.63, 3.8) is 0 Å². The van der Waals surface area contributed by atoms with Crippen LogP contribution in [0.1, 0.15) is 48.9 Å². The summed E-state index contributed by atoms with van der Waals surface area (Å²) < 4.78 is 32.7. The summed E-state index contributed by atoms with van der Waals surface area (Å²) in [6.45, 7) is 3.40. The number of hydrogen-bond donors (Lipinski definition) is 2. The van der Waals surface area contributed by atoms with E-state index in [0.29, 0.717) is 26.1 Å². The zero-order valence-electron chi connectivity index (χ0n) is 22.8. The zero-order chi connectivity index (χ0) is 28.4. The van der Waals surface area contributed by atoms with Gasteiger partial charge in [0.15, 0.2) is 0 Å². The molecule has 2 atom stereocenters. The number of hydrogen-bond acceptors (Lipinski definition) is 5. The van der Waals surface area contributed by atoms with Crippen LogP contribution in [0, 0.1) is 0 Å². The molecule has 4 rings (SSSR count). The molecule has 3 aromatic rings. The molecule has 1 saturated heterocycles. The normalized spacial score (nSPS) is 15.9. The lowest BCUT2D eigenvalue weighted by molar-refractivity contribution is -0.141. The van der Waals surface area contributed by atoms with E-state index in [2.05, 4.69) is 10.0 Å². The molecule has 0 saturated carbocycles. The van der Waals surface area contributed by atoms with Crippen LogP contribution in [0.2, 0.25) is 0 Å². The molecule has 40 heavy (non-hydrogen) atoms. The quantitative estimate of drug-likeness (QED) is 0.327. The average Bonchev–Trinajstić information content (AvgIpc) is 3.50. The van der Waals surface area contributed by atoms with Crippen LogP contribution in [0.25, 0.3) is 0 Å². The van der Waals surface area contributed by atoms with Gasteiger partial charge in [0.2, 0.25) is 21.8 Å². The van der Waals surface area contributed by atoms with Crippen molar-refractivity contribution in [3.8, 4) is 0 Å². The molecular weight excluding hydrogens is 526 g/mol. The highest BCUT2D eigenvalue weighted by Gasteiger charge is 2.32. The van der Waals surface area contributed by atoms with Gasteiger partial charge in [0, 0.05) is 32.7 Å². The van der Waals surface area contributed by atoms with Crippen LogP contribution in [0.15, 0.2) is 89.8 Å². The van der Waals surface area contributed by atoms with E-state index in [1.54, 1.807) is 36.1 Å². The van der Waals surface area contributed by atoms with Crippen molar-refractivity contribution in [1.82, 2.24) is 14.9 Å². The maximum atomic E-state index is 13.8. The summed E-state index contributed by atoms with van der Waals surface area (Å²) in [7, 11) is -3.55. The summed E-state index contributed by atoms with van der Waals surface area (Å²) in [6.07, 6.45) is 2.43. The van der Waals surface area contributed by atoms with Crippen molar-refractivity contribution in [2.45, 2.75) is 56.2 Å². The highest BCUT2D eigenvalue weighted by atomic mass is 32.2. The molecule has 2 N–H and O–H groups in total. The second-order valence-corrected chi connectivity index (χ2v) is 11.6. The van der Waals surface area contributed by atoms with Crippen LogP contribution in [-0.2, 0) is 37.3 Å².